The van der Waals surface area contributed by atoms with E-state index in [0.29, 0.717) is 22.6 Å². The number of imidazole rings is 1. The third kappa shape index (κ3) is 3.27. The predicted molar refractivity (Wildman–Crippen MR) is 95.9 cm³/mol. The van der Waals surface area contributed by atoms with Gasteiger partial charge in [-0.05, 0) is 43.9 Å². The fraction of sp³-hybridized carbons (Fsp3) is 0.250. The number of hydrogen-bond acceptors (Lipinski definition) is 3. The second kappa shape index (κ2) is 6.78. The van der Waals surface area contributed by atoms with Crippen molar-refractivity contribution in [3.63, 3.8) is 0 Å². The Labute approximate surface area is 149 Å². The number of nitrogens with zero attached hydrogens (tertiary/aromatic N) is 1. The van der Waals surface area contributed by atoms with Gasteiger partial charge < -0.3 is 14.8 Å². The number of aromatic nitrogens is 2. The Hall–Kier alpha value is -2.89. The van der Waals surface area contributed by atoms with Crippen LogP contribution >= 0.6 is 0 Å². The summed E-state index contributed by atoms with van der Waals surface area (Å²) in [5.74, 6) is -0.853. The number of nitrogens with one attached hydrogen (secondary N) is 1. The summed E-state index contributed by atoms with van der Waals surface area (Å²) >= 11 is 0. The maximum absolute atomic E-state index is 13.3. The fourth-order valence-corrected chi connectivity index (χ4v) is 3.25. The zero-order valence-corrected chi connectivity index (χ0v) is 14.0. The van der Waals surface area contributed by atoms with E-state index >= 15 is 0 Å². The summed E-state index contributed by atoms with van der Waals surface area (Å²) in [5.41, 5.74) is 1.48. The van der Waals surface area contributed by atoms with Crippen molar-refractivity contribution in [2.24, 2.45) is 0 Å². The molecule has 4 nitrogen and oxygen atoms in total. The molecule has 26 heavy (non-hydrogen) atoms. The number of phenolic OH excluding ortho intramolecular Hbond substituents is 1. The third-order valence-corrected chi connectivity index (χ3v) is 4.57. The van der Waals surface area contributed by atoms with E-state index in [-0.39, 0.29) is 11.9 Å². The highest BCUT2D eigenvalue weighted by molar-refractivity contribution is 5.79. The summed E-state index contributed by atoms with van der Waals surface area (Å²) in [6.45, 7) is 0. The van der Waals surface area contributed by atoms with Crippen LogP contribution in [-0.2, 0) is 0 Å². The predicted octanol–water partition coefficient (Wildman–Crippen LogP) is 5.04. The van der Waals surface area contributed by atoms with Crippen molar-refractivity contribution in [2.75, 3.05) is 0 Å². The van der Waals surface area contributed by atoms with E-state index in [4.69, 9.17) is 4.74 Å². The largest absolute Gasteiger partial charge is 0.504 e. The summed E-state index contributed by atoms with van der Waals surface area (Å²) in [6, 6.07) is 7.30. The van der Waals surface area contributed by atoms with Crippen molar-refractivity contribution in [3.8, 4) is 11.5 Å². The monoisotopic (exact) mass is 356 g/mol. The minimum absolute atomic E-state index is 0.0906. The molecule has 0 saturated heterocycles. The zero-order chi connectivity index (χ0) is 18.1. The third-order valence-electron chi connectivity index (χ3n) is 4.57. The molecule has 3 aromatic rings. The summed E-state index contributed by atoms with van der Waals surface area (Å²) < 4.78 is 32.6. The van der Waals surface area contributed by atoms with E-state index in [9.17, 15) is 13.9 Å². The van der Waals surface area contributed by atoms with Crippen molar-refractivity contribution in [3.05, 3.63) is 53.4 Å². The van der Waals surface area contributed by atoms with Crippen LogP contribution in [0, 0.1) is 11.6 Å². The van der Waals surface area contributed by atoms with Gasteiger partial charge >= 0.3 is 0 Å². The summed E-state index contributed by atoms with van der Waals surface area (Å²) in [5, 5.41) is 10.2. The Morgan fingerprint density at radius 2 is 1.88 bits per heavy atom. The Kier molecular flexibility index (Phi) is 4.32. The van der Waals surface area contributed by atoms with Crippen molar-refractivity contribution in [2.45, 2.75) is 31.8 Å². The summed E-state index contributed by atoms with van der Waals surface area (Å²) in [6.07, 6.45) is 7.80. The van der Waals surface area contributed by atoms with Crippen molar-refractivity contribution in [1.82, 2.24) is 9.97 Å². The second-order valence-electron chi connectivity index (χ2n) is 6.46. The molecule has 1 saturated carbocycles. The van der Waals surface area contributed by atoms with Gasteiger partial charge in [-0.2, -0.15) is 0 Å². The van der Waals surface area contributed by atoms with Crippen molar-refractivity contribution >= 4 is 23.2 Å². The van der Waals surface area contributed by atoms with E-state index in [1.54, 1.807) is 24.3 Å². The van der Waals surface area contributed by atoms with Gasteiger partial charge in [-0.15, -0.1) is 0 Å². The molecule has 0 aliphatic heterocycles. The molecule has 0 radical (unpaired) electrons. The fourth-order valence-electron chi connectivity index (χ4n) is 3.25. The molecule has 6 heteroatoms. The highest BCUT2D eigenvalue weighted by atomic mass is 19.2. The quantitative estimate of drug-likeness (QED) is 0.689. The molecule has 0 amide bonds. The van der Waals surface area contributed by atoms with Crippen LogP contribution in [0.4, 0.5) is 8.78 Å². The smallest absolute Gasteiger partial charge is 0.168 e. The first kappa shape index (κ1) is 16.6. The lowest BCUT2D eigenvalue weighted by Crippen LogP contribution is -2.11. The number of H-pyrrole nitrogens is 1. The first-order valence-electron chi connectivity index (χ1n) is 8.61. The van der Waals surface area contributed by atoms with Crippen LogP contribution in [0.2, 0.25) is 0 Å². The van der Waals surface area contributed by atoms with E-state index < -0.39 is 11.6 Å². The number of hydrogen-bond donors (Lipinski definition) is 2. The molecular formula is C20H18F2N2O2. The molecule has 1 heterocycles. The van der Waals surface area contributed by atoms with E-state index in [0.717, 1.165) is 43.4 Å². The highest BCUT2D eigenvalue weighted by Gasteiger charge is 2.19. The van der Waals surface area contributed by atoms with Crippen LogP contribution in [0.3, 0.4) is 0 Å². The average molecular weight is 356 g/mol. The topological polar surface area (TPSA) is 58.1 Å². The Bertz CT molecular complexity index is 936. The molecular weight excluding hydrogens is 338 g/mol. The second-order valence-corrected chi connectivity index (χ2v) is 6.46. The molecule has 1 fully saturated rings. The molecule has 1 aromatic heterocycles. The molecule has 0 spiro atoms. The van der Waals surface area contributed by atoms with Gasteiger partial charge in [0.05, 0.1) is 17.1 Å². The zero-order valence-electron chi connectivity index (χ0n) is 14.0. The number of halogens is 2. The van der Waals surface area contributed by atoms with Gasteiger partial charge in [-0.3, -0.25) is 0 Å². The first-order chi connectivity index (χ1) is 12.6. The maximum Gasteiger partial charge on any atom is 0.168 e. The number of fused-ring (bicyclic) bond motifs is 1. The van der Waals surface area contributed by atoms with Gasteiger partial charge in [0.25, 0.3) is 0 Å². The number of phenols is 1. The van der Waals surface area contributed by atoms with Crippen LogP contribution in [0.15, 0.2) is 30.3 Å². The number of para-hydroxylation sites is 1. The lowest BCUT2D eigenvalue weighted by atomic mass is 10.1. The molecule has 134 valence electrons. The highest BCUT2D eigenvalue weighted by Crippen LogP contribution is 2.35. The van der Waals surface area contributed by atoms with Crippen LogP contribution in [0.5, 0.6) is 11.5 Å². The molecule has 1 aliphatic rings. The van der Waals surface area contributed by atoms with Crippen LogP contribution in [0.1, 0.15) is 37.1 Å². The normalized spacial score (nSPS) is 15.3. The molecule has 1 aliphatic carbocycles. The number of rotatable bonds is 4. The number of benzene rings is 2. The van der Waals surface area contributed by atoms with Gasteiger partial charge in [0.15, 0.2) is 23.1 Å². The number of aromatic hydroxyl groups is 1. The van der Waals surface area contributed by atoms with E-state index in [1.165, 1.54) is 0 Å². The molecule has 0 bridgehead atoms. The number of ether oxygens (including phenoxy) is 1. The standard InChI is InChI=1S/C20H18F2N2O2/c21-14-10-16-17(11-15(14)22)24-19(23-16)9-8-12-4-3-7-18(25)20(12)26-13-5-1-2-6-13/h3-4,7-11,13,25H,1-2,5-6H2,(H,23,24)/b9-8+. The van der Waals surface area contributed by atoms with Crippen molar-refractivity contribution in [1.29, 1.82) is 0 Å². The Morgan fingerprint density at radius 1 is 1.12 bits per heavy atom. The van der Waals surface area contributed by atoms with E-state index in [1.807, 2.05) is 6.07 Å². The summed E-state index contributed by atoms with van der Waals surface area (Å²) in [7, 11) is 0. The maximum atomic E-state index is 13.3. The van der Waals surface area contributed by atoms with Gasteiger partial charge in [-0.25, -0.2) is 13.8 Å². The lowest BCUT2D eigenvalue weighted by molar-refractivity contribution is 0.201. The van der Waals surface area contributed by atoms with Crippen LogP contribution in [0.25, 0.3) is 23.2 Å². The van der Waals surface area contributed by atoms with Crippen LogP contribution < -0.4 is 4.74 Å². The van der Waals surface area contributed by atoms with Crippen molar-refractivity contribution < 1.29 is 18.6 Å². The SMILES string of the molecule is Oc1cccc(/C=C/c2nc3cc(F)c(F)cc3[nH]2)c1OC1CCCC1. The molecule has 0 atom stereocenters. The Balaban J connectivity index is 1.63. The lowest BCUT2D eigenvalue weighted by Gasteiger charge is -2.16. The van der Waals surface area contributed by atoms with Crippen LogP contribution in [-0.4, -0.2) is 21.2 Å². The number of aromatic amines is 1. The molecule has 2 aromatic carbocycles. The van der Waals surface area contributed by atoms with Gasteiger partial charge in [-0.1, -0.05) is 12.1 Å². The average Bonchev–Trinajstić information content (AvgIpc) is 3.25. The Morgan fingerprint density at radius 3 is 2.69 bits per heavy atom. The summed E-state index contributed by atoms with van der Waals surface area (Å²) in [4.78, 5) is 7.17. The first-order valence-corrected chi connectivity index (χ1v) is 8.61. The minimum atomic E-state index is -0.931. The van der Waals surface area contributed by atoms with Gasteiger partial charge in [0.1, 0.15) is 5.82 Å². The van der Waals surface area contributed by atoms with Gasteiger partial charge in [0.2, 0.25) is 0 Å². The minimum Gasteiger partial charge on any atom is -0.504 e. The van der Waals surface area contributed by atoms with E-state index in [2.05, 4.69) is 9.97 Å². The van der Waals surface area contributed by atoms with Gasteiger partial charge in [0, 0.05) is 17.7 Å². The molecule has 2 N–H and O–H groups in total. The molecule has 0 unspecified atom stereocenters. The molecule has 4 rings (SSSR count).